The van der Waals surface area contributed by atoms with Crippen molar-refractivity contribution in [1.82, 2.24) is 14.5 Å². The number of pyridine rings is 1. The van der Waals surface area contributed by atoms with Gasteiger partial charge in [0.05, 0.1) is 5.02 Å². The fourth-order valence-electron chi connectivity index (χ4n) is 2.79. The Morgan fingerprint density at radius 3 is 2.95 bits per heavy atom. The van der Waals surface area contributed by atoms with Gasteiger partial charge >= 0.3 is 0 Å². The molecule has 0 amide bonds. The van der Waals surface area contributed by atoms with E-state index in [0.717, 1.165) is 37.2 Å². The predicted octanol–water partition coefficient (Wildman–Crippen LogP) is 2.65. The summed E-state index contributed by atoms with van der Waals surface area (Å²) in [5, 5.41) is 0.580. The fourth-order valence-corrected chi connectivity index (χ4v) is 2.94. The van der Waals surface area contributed by atoms with Crippen LogP contribution in [-0.4, -0.2) is 27.7 Å². The first-order chi connectivity index (χ1) is 9.16. The maximum Gasteiger partial charge on any atom is 0.202 e. The van der Waals surface area contributed by atoms with Gasteiger partial charge in [-0.1, -0.05) is 11.6 Å². The molecule has 3 rings (SSSR count). The van der Waals surface area contributed by atoms with Crippen LogP contribution in [-0.2, 0) is 4.74 Å². The van der Waals surface area contributed by atoms with Crippen LogP contribution < -0.4 is 5.73 Å². The Morgan fingerprint density at radius 1 is 1.47 bits per heavy atom. The van der Waals surface area contributed by atoms with Crippen molar-refractivity contribution in [3.8, 4) is 0 Å². The fraction of sp³-hybridized carbons (Fsp3) is 0.538. The Balaban J connectivity index is 2.01. The molecular formula is C13H17ClN4O. The van der Waals surface area contributed by atoms with E-state index < -0.39 is 0 Å². The number of imidazole rings is 1. The van der Waals surface area contributed by atoms with E-state index in [1.54, 1.807) is 12.3 Å². The summed E-state index contributed by atoms with van der Waals surface area (Å²) >= 11 is 5.94. The van der Waals surface area contributed by atoms with Gasteiger partial charge < -0.3 is 10.5 Å². The molecule has 0 radical (unpaired) electrons. The van der Waals surface area contributed by atoms with Gasteiger partial charge in [-0.25, -0.2) is 9.97 Å². The van der Waals surface area contributed by atoms with Gasteiger partial charge in [0.1, 0.15) is 5.52 Å². The molecule has 3 heterocycles. The van der Waals surface area contributed by atoms with Crippen molar-refractivity contribution < 1.29 is 4.74 Å². The lowest BCUT2D eigenvalue weighted by atomic mass is 9.93. The molecule has 1 saturated heterocycles. The molecule has 6 heteroatoms. The van der Waals surface area contributed by atoms with Gasteiger partial charge in [-0.15, -0.1) is 0 Å². The van der Waals surface area contributed by atoms with E-state index in [1.165, 1.54) is 0 Å². The summed E-state index contributed by atoms with van der Waals surface area (Å²) in [5.74, 6) is 1.05. The van der Waals surface area contributed by atoms with Crippen LogP contribution in [0.15, 0.2) is 12.3 Å². The topological polar surface area (TPSA) is 66.0 Å². The summed E-state index contributed by atoms with van der Waals surface area (Å²) in [5.41, 5.74) is 7.61. The Hall–Kier alpha value is -1.33. The lowest BCUT2D eigenvalue weighted by Gasteiger charge is -2.29. The number of halogens is 1. The normalized spacial score (nSPS) is 18.8. The molecule has 5 nitrogen and oxygen atoms in total. The number of nitrogen functional groups attached to an aromatic ring is 1. The number of nitrogens with two attached hydrogens (primary N) is 1. The molecule has 0 bridgehead atoms. The second-order valence-corrected chi connectivity index (χ2v) is 5.46. The van der Waals surface area contributed by atoms with Gasteiger partial charge in [-0.05, 0) is 31.7 Å². The molecule has 102 valence electrons. The lowest BCUT2D eigenvalue weighted by Crippen LogP contribution is -2.25. The van der Waals surface area contributed by atoms with Gasteiger partial charge in [0.2, 0.25) is 5.95 Å². The Bertz CT molecular complexity index is 592. The number of hydrogen-bond acceptors (Lipinski definition) is 4. The minimum Gasteiger partial charge on any atom is -0.381 e. The quantitative estimate of drug-likeness (QED) is 0.918. The van der Waals surface area contributed by atoms with Crippen molar-refractivity contribution in [2.24, 2.45) is 5.92 Å². The number of rotatable bonds is 2. The molecule has 1 atom stereocenters. The van der Waals surface area contributed by atoms with Gasteiger partial charge in [-0.3, -0.25) is 4.57 Å². The van der Waals surface area contributed by atoms with E-state index in [4.69, 9.17) is 22.1 Å². The summed E-state index contributed by atoms with van der Waals surface area (Å²) in [4.78, 5) is 8.73. The van der Waals surface area contributed by atoms with Crippen LogP contribution in [0.3, 0.4) is 0 Å². The van der Waals surface area contributed by atoms with E-state index in [-0.39, 0.29) is 6.04 Å². The second kappa shape index (κ2) is 4.98. The minimum absolute atomic E-state index is 0.266. The van der Waals surface area contributed by atoms with Gasteiger partial charge in [-0.2, -0.15) is 0 Å². The molecule has 0 saturated carbocycles. The molecule has 2 aromatic heterocycles. The van der Waals surface area contributed by atoms with Crippen LogP contribution in [0.2, 0.25) is 5.02 Å². The summed E-state index contributed by atoms with van der Waals surface area (Å²) < 4.78 is 7.43. The first kappa shape index (κ1) is 12.7. The first-order valence-electron chi connectivity index (χ1n) is 6.53. The third-order valence-electron chi connectivity index (χ3n) is 3.88. The molecular weight excluding hydrogens is 264 g/mol. The summed E-state index contributed by atoms with van der Waals surface area (Å²) in [7, 11) is 0. The second-order valence-electron chi connectivity index (χ2n) is 5.03. The van der Waals surface area contributed by atoms with E-state index in [9.17, 15) is 0 Å². The van der Waals surface area contributed by atoms with Crippen LogP contribution in [0.25, 0.3) is 11.2 Å². The zero-order valence-corrected chi connectivity index (χ0v) is 11.6. The summed E-state index contributed by atoms with van der Waals surface area (Å²) in [6.45, 7) is 3.81. The molecule has 1 unspecified atom stereocenters. The zero-order chi connectivity index (χ0) is 13.4. The third kappa shape index (κ3) is 2.28. The third-order valence-corrected chi connectivity index (χ3v) is 4.09. The standard InChI is InChI=1S/C13H17ClN4O/c1-8(9-2-4-19-5-3-9)18-12-11(17-13(18)15)6-10(14)7-16-12/h6-9H,2-5H2,1H3,(H2,15,17). The average molecular weight is 281 g/mol. The molecule has 0 spiro atoms. The number of nitrogens with zero attached hydrogens (tertiary/aromatic N) is 3. The molecule has 2 aromatic rings. The SMILES string of the molecule is CC(C1CCOCC1)n1c(N)nc2cc(Cl)cnc21. The minimum atomic E-state index is 0.266. The van der Waals surface area contributed by atoms with Crippen LogP contribution in [0, 0.1) is 5.92 Å². The Kier molecular flexibility index (Phi) is 3.33. The largest absolute Gasteiger partial charge is 0.381 e. The van der Waals surface area contributed by atoms with Crippen molar-refractivity contribution in [2.45, 2.75) is 25.8 Å². The highest BCUT2D eigenvalue weighted by atomic mass is 35.5. The van der Waals surface area contributed by atoms with E-state index >= 15 is 0 Å². The molecule has 1 aliphatic heterocycles. The van der Waals surface area contributed by atoms with Crippen LogP contribution >= 0.6 is 11.6 Å². The van der Waals surface area contributed by atoms with Crippen molar-refractivity contribution in [2.75, 3.05) is 18.9 Å². The smallest absolute Gasteiger partial charge is 0.202 e. The van der Waals surface area contributed by atoms with Gasteiger partial charge in [0.25, 0.3) is 0 Å². The van der Waals surface area contributed by atoms with Crippen molar-refractivity contribution in [3.63, 3.8) is 0 Å². The van der Waals surface area contributed by atoms with Crippen molar-refractivity contribution >= 4 is 28.7 Å². The number of anilines is 1. The van der Waals surface area contributed by atoms with Crippen molar-refractivity contribution in [3.05, 3.63) is 17.3 Å². The predicted molar refractivity (Wildman–Crippen MR) is 75.2 cm³/mol. The van der Waals surface area contributed by atoms with Crippen LogP contribution in [0.1, 0.15) is 25.8 Å². The van der Waals surface area contributed by atoms with E-state index in [1.807, 2.05) is 4.57 Å². The number of aromatic nitrogens is 3. The highest BCUT2D eigenvalue weighted by Crippen LogP contribution is 2.32. The van der Waals surface area contributed by atoms with Gasteiger partial charge in [0, 0.05) is 25.5 Å². The maximum absolute atomic E-state index is 6.05. The lowest BCUT2D eigenvalue weighted by molar-refractivity contribution is 0.0521. The highest BCUT2D eigenvalue weighted by molar-refractivity contribution is 6.31. The number of fused-ring (bicyclic) bond motifs is 1. The molecule has 19 heavy (non-hydrogen) atoms. The van der Waals surface area contributed by atoms with Crippen LogP contribution in [0.4, 0.5) is 5.95 Å². The molecule has 0 aromatic carbocycles. The Labute approximate surface area is 116 Å². The first-order valence-corrected chi connectivity index (χ1v) is 6.91. The van der Waals surface area contributed by atoms with Gasteiger partial charge in [0.15, 0.2) is 5.65 Å². The monoisotopic (exact) mass is 280 g/mol. The maximum atomic E-state index is 6.05. The summed E-state index contributed by atoms with van der Waals surface area (Å²) in [6, 6.07) is 2.07. The van der Waals surface area contributed by atoms with Crippen LogP contribution in [0.5, 0.6) is 0 Å². The zero-order valence-electron chi connectivity index (χ0n) is 10.8. The van der Waals surface area contributed by atoms with E-state index in [0.29, 0.717) is 16.9 Å². The number of hydrogen-bond donors (Lipinski definition) is 1. The number of ether oxygens (including phenoxy) is 1. The molecule has 0 aliphatic carbocycles. The van der Waals surface area contributed by atoms with Crippen molar-refractivity contribution in [1.29, 1.82) is 0 Å². The molecule has 1 aliphatic rings. The summed E-state index contributed by atoms with van der Waals surface area (Å²) in [6.07, 6.45) is 3.74. The average Bonchev–Trinajstić information content (AvgIpc) is 2.74. The molecule has 2 N–H and O–H groups in total. The molecule has 1 fully saturated rings. The van der Waals surface area contributed by atoms with E-state index in [2.05, 4.69) is 16.9 Å². The highest BCUT2D eigenvalue weighted by Gasteiger charge is 2.25. The Morgan fingerprint density at radius 2 is 2.21 bits per heavy atom.